The van der Waals surface area contributed by atoms with Crippen molar-refractivity contribution in [1.82, 2.24) is 4.98 Å². The second kappa shape index (κ2) is 4.72. The van der Waals surface area contributed by atoms with Crippen LogP contribution in [0.1, 0.15) is 37.3 Å². The summed E-state index contributed by atoms with van der Waals surface area (Å²) in [6.45, 7) is 0. The molecular weight excluding hydrogens is 236 g/mol. The standard InChI is InChI=1S/C16H20N2O/c1-18(2)12-7-8-14-13(9-12)16(19)10-15(17-14)11-5-3-4-6-11/h7-11H,3-6H2,1-2H3,(H,17,19). The number of H-pyrrole nitrogens is 1. The molecule has 3 rings (SSSR count). The molecule has 0 amide bonds. The number of rotatable bonds is 2. The van der Waals surface area contributed by atoms with Crippen molar-refractivity contribution in [2.75, 3.05) is 19.0 Å². The lowest BCUT2D eigenvalue weighted by atomic mass is 10.0. The lowest BCUT2D eigenvalue weighted by Gasteiger charge is -2.14. The molecule has 0 spiro atoms. The van der Waals surface area contributed by atoms with Crippen molar-refractivity contribution >= 4 is 16.6 Å². The van der Waals surface area contributed by atoms with Gasteiger partial charge in [0.25, 0.3) is 0 Å². The van der Waals surface area contributed by atoms with Crippen LogP contribution in [0.25, 0.3) is 10.9 Å². The number of nitrogens with one attached hydrogen (secondary N) is 1. The highest BCUT2D eigenvalue weighted by Gasteiger charge is 2.18. The Morgan fingerprint density at radius 2 is 1.89 bits per heavy atom. The van der Waals surface area contributed by atoms with Gasteiger partial charge in [-0.15, -0.1) is 0 Å². The van der Waals surface area contributed by atoms with E-state index < -0.39 is 0 Å². The van der Waals surface area contributed by atoms with Crippen LogP contribution in [0.4, 0.5) is 5.69 Å². The van der Waals surface area contributed by atoms with Crippen LogP contribution in [-0.4, -0.2) is 19.1 Å². The molecule has 0 atom stereocenters. The molecule has 19 heavy (non-hydrogen) atoms. The number of anilines is 1. The third-order valence-corrected chi connectivity index (χ3v) is 4.15. The summed E-state index contributed by atoms with van der Waals surface area (Å²) in [5.74, 6) is 0.547. The summed E-state index contributed by atoms with van der Waals surface area (Å²) < 4.78 is 0. The number of hydrogen-bond acceptors (Lipinski definition) is 2. The Kier molecular flexibility index (Phi) is 3.05. The number of aromatic nitrogens is 1. The molecule has 0 unspecified atom stereocenters. The van der Waals surface area contributed by atoms with Crippen LogP contribution in [0, 0.1) is 0 Å². The van der Waals surface area contributed by atoms with E-state index in [9.17, 15) is 4.79 Å². The van der Waals surface area contributed by atoms with Gasteiger partial charge in [-0.1, -0.05) is 12.8 Å². The van der Waals surface area contributed by atoms with Gasteiger partial charge in [0.05, 0.1) is 0 Å². The van der Waals surface area contributed by atoms with Crippen LogP contribution in [0.2, 0.25) is 0 Å². The zero-order chi connectivity index (χ0) is 13.4. The van der Waals surface area contributed by atoms with Gasteiger partial charge < -0.3 is 9.88 Å². The predicted octanol–water partition coefficient (Wildman–Crippen LogP) is 3.25. The zero-order valence-corrected chi connectivity index (χ0v) is 11.6. The Morgan fingerprint density at radius 3 is 2.58 bits per heavy atom. The van der Waals surface area contributed by atoms with Gasteiger partial charge in [0.2, 0.25) is 0 Å². The van der Waals surface area contributed by atoms with Gasteiger partial charge in [0, 0.05) is 42.4 Å². The maximum atomic E-state index is 12.3. The van der Waals surface area contributed by atoms with Gasteiger partial charge in [0.1, 0.15) is 0 Å². The van der Waals surface area contributed by atoms with Crippen molar-refractivity contribution in [2.45, 2.75) is 31.6 Å². The largest absolute Gasteiger partial charge is 0.378 e. The SMILES string of the molecule is CN(C)c1ccc2[nH]c(C3CCCC3)cc(=O)c2c1. The molecule has 1 saturated carbocycles. The van der Waals surface area contributed by atoms with E-state index in [1.54, 1.807) is 6.07 Å². The molecule has 100 valence electrons. The van der Waals surface area contributed by atoms with E-state index in [-0.39, 0.29) is 5.43 Å². The fourth-order valence-electron chi connectivity index (χ4n) is 2.99. The van der Waals surface area contributed by atoms with E-state index >= 15 is 0 Å². The summed E-state index contributed by atoms with van der Waals surface area (Å²) in [7, 11) is 3.98. The average molecular weight is 256 g/mol. The minimum Gasteiger partial charge on any atom is -0.378 e. The molecule has 1 fully saturated rings. The lowest BCUT2D eigenvalue weighted by molar-refractivity contribution is 0.700. The highest BCUT2D eigenvalue weighted by atomic mass is 16.1. The molecule has 1 aromatic heterocycles. The van der Waals surface area contributed by atoms with Crippen molar-refractivity contribution in [1.29, 1.82) is 0 Å². The van der Waals surface area contributed by atoms with E-state index in [4.69, 9.17) is 0 Å². The number of hydrogen-bond donors (Lipinski definition) is 1. The number of benzene rings is 1. The smallest absolute Gasteiger partial charge is 0.189 e. The van der Waals surface area contributed by atoms with Gasteiger partial charge in [-0.05, 0) is 37.0 Å². The van der Waals surface area contributed by atoms with Crippen LogP contribution >= 0.6 is 0 Å². The van der Waals surface area contributed by atoms with Crippen molar-refractivity contribution < 1.29 is 0 Å². The third kappa shape index (κ3) is 2.25. The number of fused-ring (bicyclic) bond motifs is 1. The van der Waals surface area contributed by atoms with Gasteiger partial charge in [-0.2, -0.15) is 0 Å². The normalized spacial score (nSPS) is 16.1. The van der Waals surface area contributed by atoms with Gasteiger partial charge in [-0.25, -0.2) is 0 Å². The lowest BCUT2D eigenvalue weighted by Crippen LogP contribution is -2.11. The molecule has 3 heteroatoms. The Bertz CT molecular complexity index is 651. The van der Waals surface area contributed by atoms with Crippen LogP contribution in [0.15, 0.2) is 29.1 Å². The molecule has 0 radical (unpaired) electrons. The molecule has 1 aromatic carbocycles. The summed E-state index contributed by atoms with van der Waals surface area (Å²) in [6, 6.07) is 7.84. The van der Waals surface area contributed by atoms with Gasteiger partial charge in [0.15, 0.2) is 5.43 Å². The zero-order valence-electron chi connectivity index (χ0n) is 11.6. The molecule has 0 saturated heterocycles. The van der Waals surface area contributed by atoms with E-state index in [0.717, 1.165) is 22.3 Å². The average Bonchev–Trinajstić information content (AvgIpc) is 2.92. The second-order valence-electron chi connectivity index (χ2n) is 5.69. The molecular formula is C16H20N2O. The molecule has 0 aliphatic heterocycles. The molecule has 2 aromatic rings. The number of pyridine rings is 1. The summed E-state index contributed by atoms with van der Waals surface area (Å²) in [5, 5.41) is 0.785. The summed E-state index contributed by atoms with van der Waals surface area (Å²) in [4.78, 5) is 17.8. The highest BCUT2D eigenvalue weighted by Crippen LogP contribution is 2.33. The summed E-state index contributed by atoms with van der Waals surface area (Å²) in [6.07, 6.45) is 4.98. The monoisotopic (exact) mass is 256 g/mol. The fourth-order valence-corrected chi connectivity index (χ4v) is 2.99. The first-order valence-electron chi connectivity index (χ1n) is 6.99. The van der Waals surface area contributed by atoms with Crippen molar-refractivity contribution in [3.63, 3.8) is 0 Å². The van der Waals surface area contributed by atoms with Gasteiger partial charge in [-0.3, -0.25) is 4.79 Å². The van der Waals surface area contributed by atoms with Crippen LogP contribution in [0.3, 0.4) is 0 Å². The van der Waals surface area contributed by atoms with E-state index in [1.165, 1.54) is 25.7 Å². The molecule has 1 N–H and O–H groups in total. The van der Waals surface area contributed by atoms with E-state index in [2.05, 4.69) is 11.1 Å². The maximum absolute atomic E-state index is 12.3. The van der Waals surface area contributed by atoms with Gasteiger partial charge >= 0.3 is 0 Å². The van der Waals surface area contributed by atoms with Crippen molar-refractivity contribution in [3.8, 4) is 0 Å². The minimum absolute atomic E-state index is 0.138. The fraction of sp³-hybridized carbons (Fsp3) is 0.438. The first-order valence-corrected chi connectivity index (χ1v) is 6.99. The maximum Gasteiger partial charge on any atom is 0.189 e. The summed E-state index contributed by atoms with van der Waals surface area (Å²) in [5.41, 5.74) is 3.28. The number of aromatic amines is 1. The first-order chi connectivity index (χ1) is 9.15. The Labute approximate surface area is 113 Å². The predicted molar refractivity (Wildman–Crippen MR) is 80.1 cm³/mol. The Morgan fingerprint density at radius 1 is 1.16 bits per heavy atom. The summed E-state index contributed by atoms with van der Waals surface area (Å²) >= 11 is 0. The highest BCUT2D eigenvalue weighted by molar-refractivity contribution is 5.82. The quantitative estimate of drug-likeness (QED) is 0.895. The van der Waals surface area contributed by atoms with Crippen LogP contribution < -0.4 is 10.3 Å². The van der Waals surface area contributed by atoms with E-state index in [0.29, 0.717) is 5.92 Å². The van der Waals surface area contributed by atoms with E-state index in [1.807, 2.05) is 31.1 Å². The van der Waals surface area contributed by atoms with Crippen LogP contribution in [0.5, 0.6) is 0 Å². The first kappa shape index (κ1) is 12.3. The third-order valence-electron chi connectivity index (χ3n) is 4.15. The molecule has 3 nitrogen and oxygen atoms in total. The second-order valence-corrected chi connectivity index (χ2v) is 5.69. The number of nitrogens with zero attached hydrogens (tertiary/aromatic N) is 1. The Hall–Kier alpha value is -1.77. The molecule has 1 heterocycles. The minimum atomic E-state index is 0.138. The topological polar surface area (TPSA) is 36.1 Å². The van der Waals surface area contributed by atoms with Crippen molar-refractivity contribution in [2.24, 2.45) is 0 Å². The molecule has 0 bridgehead atoms. The van der Waals surface area contributed by atoms with Crippen molar-refractivity contribution in [3.05, 3.63) is 40.2 Å². The Balaban J connectivity index is 2.11. The van der Waals surface area contributed by atoms with Crippen LogP contribution in [-0.2, 0) is 0 Å². The molecule has 1 aliphatic carbocycles. The molecule has 1 aliphatic rings.